The highest BCUT2D eigenvalue weighted by Gasteiger charge is 2.18. The average Bonchev–Trinajstić information content (AvgIpc) is 3.12. The summed E-state index contributed by atoms with van der Waals surface area (Å²) < 4.78 is 14.3. The van der Waals surface area contributed by atoms with E-state index in [0.717, 1.165) is 16.9 Å². The molecule has 0 atom stereocenters. The third-order valence-corrected chi connectivity index (χ3v) is 8.55. The Hall–Kier alpha value is -6.06. The second-order valence-corrected chi connectivity index (χ2v) is 11.3. The summed E-state index contributed by atoms with van der Waals surface area (Å²) in [4.78, 5) is 6.19. The average molecular weight is 593 g/mol. The van der Waals surface area contributed by atoms with Crippen LogP contribution in [0.2, 0.25) is 0 Å². The molecule has 0 aliphatic heterocycles. The van der Waals surface area contributed by atoms with Crippen molar-refractivity contribution in [3.05, 3.63) is 182 Å². The van der Waals surface area contributed by atoms with Gasteiger partial charge in [0.05, 0.1) is 0 Å². The van der Waals surface area contributed by atoms with E-state index < -0.39 is 5.95 Å². The van der Waals surface area contributed by atoms with Crippen LogP contribution in [0.25, 0.3) is 54.9 Å². The summed E-state index contributed by atoms with van der Waals surface area (Å²) in [6.07, 6.45) is 0. The van der Waals surface area contributed by atoms with E-state index in [1.54, 1.807) is 6.07 Å². The van der Waals surface area contributed by atoms with Gasteiger partial charge in [-0.25, -0.2) is 4.98 Å². The first-order chi connectivity index (χ1) is 22.7. The zero-order valence-corrected chi connectivity index (χ0v) is 25.0. The Morgan fingerprint density at radius 3 is 1.46 bits per heavy atom. The van der Waals surface area contributed by atoms with E-state index in [9.17, 15) is 4.39 Å². The molecule has 0 spiro atoms. The van der Waals surface area contributed by atoms with E-state index in [4.69, 9.17) is 0 Å². The van der Waals surface area contributed by atoms with Crippen molar-refractivity contribution >= 4 is 38.7 Å². The van der Waals surface area contributed by atoms with Gasteiger partial charge in [0.2, 0.25) is 5.95 Å². The maximum atomic E-state index is 14.3. The van der Waals surface area contributed by atoms with Gasteiger partial charge < -0.3 is 0 Å². The summed E-state index contributed by atoms with van der Waals surface area (Å²) >= 11 is 0. The van der Waals surface area contributed by atoms with Crippen molar-refractivity contribution in [3.8, 4) is 33.4 Å². The summed E-state index contributed by atoms with van der Waals surface area (Å²) in [5, 5.41) is 4.81. The number of hydrogen-bond donors (Lipinski definition) is 0. The van der Waals surface area contributed by atoms with Crippen molar-refractivity contribution in [1.29, 1.82) is 0 Å². The lowest BCUT2D eigenvalue weighted by molar-refractivity contribution is 0.584. The monoisotopic (exact) mass is 592 g/mol. The molecular weight excluding hydrogens is 563 g/mol. The molecule has 0 saturated carbocycles. The van der Waals surface area contributed by atoms with Crippen LogP contribution in [0, 0.1) is 5.95 Å². The summed E-state index contributed by atoms with van der Waals surface area (Å²) in [6.45, 7) is 0. The lowest BCUT2D eigenvalue weighted by atomic mass is 9.85. The predicted molar refractivity (Wildman–Crippen MR) is 190 cm³/mol. The van der Waals surface area contributed by atoms with Crippen LogP contribution in [0.1, 0.15) is 0 Å². The summed E-state index contributed by atoms with van der Waals surface area (Å²) in [5.74, 6) is 0.0133. The van der Waals surface area contributed by atoms with Crippen molar-refractivity contribution in [1.82, 2.24) is 4.98 Å². The first-order valence-corrected chi connectivity index (χ1v) is 15.4. The first kappa shape index (κ1) is 27.5. The van der Waals surface area contributed by atoms with Gasteiger partial charge in [-0.1, -0.05) is 133 Å². The van der Waals surface area contributed by atoms with E-state index in [0.29, 0.717) is 5.82 Å². The second kappa shape index (κ2) is 11.8. The number of nitrogens with zero attached hydrogens (tertiary/aromatic N) is 2. The molecule has 0 aliphatic carbocycles. The molecule has 0 N–H and O–H groups in total. The number of halogens is 1. The van der Waals surface area contributed by atoms with E-state index in [2.05, 4.69) is 132 Å². The summed E-state index contributed by atoms with van der Waals surface area (Å²) in [5.41, 5.74) is 8.93. The van der Waals surface area contributed by atoms with Gasteiger partial charge in [0.1, 0.15) is 5.82 Å². The minimum atomic E-state index is -0.512. The predicted octanol–water partition coefficient (Wildman–Crippen LogP) is 12.0. The molecule has 0 bridgehead atoms. The maximum absolute atomic E-state index is 14.3. The first-order valence-electron chi connectivity index (χ1n) is 15.4. The van der Waals surface area contributed by atoms with Gasteiger partial charge in [-0.2, -0.15) is 4.39 Å². The Kier molecular flexibility index (Phi) is 7.05. The lowest BCUT2D eigenvalue weighted by Crippen LogP contribution is -2.11. The molecular formula is C43H29FN2. The molecule has 8 rings (SSSR count). The smallest absolute Gasteiger partial charge is 0.214 e. The molecule has 0 amide bonds. The summed E-state index contributed by atoms with van der Waals surface area (Å²) in [6, 6.07) is 60.1. The number of aromatic nitrogens is 1. The van der Waals surface area contributed by atoms with Crippen molar-refractivity contribution in [2.24, 2.45) is 0 Å². The van der Waals surface area contributed by atoms with Gasteiger partial charge in [-0.05, 0) is 97.4 Å². The van der Waals surface area contributed by atoms with E-state index in [-0.39, 0.29) is 0 Å². The largest absolute Gasteiger partial charge is 0.295 e. The van der Waals surface area contributed by atoms with Gasteiger partial charge in [0, 0.05) is 11.4 Å². The molecule has 0 saturated heterocycles. The lowest BCUT2D eigenvalue weighted by Gasteiger charge is -2.24. The molecule has 218 valence electrons. The van der Waals surface area contributed by atoms with Crippen LogP contribution in [-0.4, -0.2) is 4.98 Å². The number of pyridine rings is 1. The van der Waals surface area contributed by atoms with Crippen molar-refractivity contribution < 1.29 is 4.39 Å². The summed E-state index contributed by atoms with van der Waals surface area (Å²) in [7, 11) is 0. The molecule has 0 fully saturated rings. The van der Waals surface area contributed by atoms with Crippen molar-refractivity contribution in [2.45, 2.75) is 0 Å². The van der Waals surface area contributed by atoms with E-state index in [1.165, 1.54) is 55.4 Å². The van der Waals surface area contributed by atoms with Gasteiger partial charge in [0.25, 0.3) is 0 Å². The van der Waals surface area contributed by atoms with Gasteiger partial charge in [-0.3, -0.25) is 4.90 Å². The Balaban J connectivity index is 1.30. The highest BCUT2D eigenvalue weighted by molar-refractivity contribution is 6.21. The minimum Gasteiger partial charge on any atom is -0.295 e. The van der Waals surface area contributed by atoms with Crippen LogP contribution < -0.4 is 4.90 Å². The minimum absolute atomic E-state index is 0.512. The molecule has 3 heteroatoms. The molecule has 0 radical (unpaired) electrons. The number of anilines is 3. The fraction of sp³-hybridized carbons (Fsp3) is 0. The third-order valence-electron chi connectivity index (χ3n) is 8.55. The maximum Gasteiger partial charge on any atom is 0.214 e. The number of hydrogen-bond acceptors (Lipinski definition) is 2. The standard InChI is InChI=1S/C43H29FN2/c44-40-23-12-24-41(45-40)46(34-17-5-2-6-18-34)35-27-25-31(26-28-35)42-36-19-7-9-21-38(36)43(39-22-10-8-20-37(39)42)33-16-11-15-32(29-33)30-13-3-1-4-14-30/h1-29H. The molecule has 8 aromatic rings. The molecule has 1 aromatic heterocycles. The zero-order chi connectivity index (χ0) is 30.9. The fourth-order valence-corrected chi connectivity index (χ4v) is 6.53. The highest BCUT2D eigenvalue weighted by Crippen LogP contribution is 2.45. The van der Waals surface area contributed by atoms with Gasteiger partial charge >= 0.3 is 0 Å². The Morgan fingerprint density at radius 1 is 0.370 bits per heavy atom. The molecule has 0 aliphatic rings. The quantitative estimate of drug-likeness (QED) is 0.141. The van der Waals surface area contributed by atoms with Crippen molar-refractivity contribution in [3.63, 3.8) is 0 Å². The number of fused-ring (bicyclic) bond motifs is 2. The molecule has 2 nitrogen and oxygen atoms in total. The molecule has 46 heavy (non-hydrogen) atoms. The zero-order valence-electron chi connectivity index (χ0n) is 25.0. The van der Waals surface area contributed by atoms with E-state index >= 15 is 0 Å². The number of para-hydroxylation sites is 1. The highest BCUT2D eigenvalue weighted by atomic mass is 19.1. The van der Waals surface area contributed by atoms with E-state index in [1.807, 2.05) is 41.3 Å². The fourth-order valence-electron chi connectivity index (χ4n) is 6.53. The van der Waals surface area contributed by atoms with Gasteiger partial charge in [0.15, 0.2) is 0 Å². The Morgan fingerprint density at radius 2 is 0.848 bits per heavy atom. The molecule has 1 heterocycles. The van der Waals surface area contributed by atoms with Crippen LogP contribution in [-0.2, 0) is 0 Å². The number of benzene rings is 7. The number of rotatable bonds is 6. The van der Waals surface area contributed by atoms with Crippen LogP contribution in [0.5, 0.6) is 0 Å². The topological polar surface area (TPSA) is 16.1 Å². The normalized spacial score (nSPS) is 11.2. The second-order valence-electron chi connectivity index (χ2n) is 11.3. The van der Waals surface area contributed by atoms with Crippen LogP contribution in [0.4, 0.5) is 21.6 Å². The van der Waals surface area contributed by atoms with Gasteiger partial charge in [-0.15, -0.1) is 0 Å². The Bertz CT molecular complexity index is 2260. The Labute approximate surface area is 267 Å². The van der Waals surface area contributed by atoms with Crippen LogP contribution >= 0.6 is 0 Å². The molecule has 0 unspecified atom stereocenters. The van der Waals surface area contributed by atoms with Crippen LogP contribution in [0.15, 0.2) is 176 Å². The van der Waals surface area contributed by atoms with Crippen LogP contribution in [0.3, 0.4) is 0 Å². The molecule has 7 aromatic carbocycles. The third kappa shape index (κ3) is 4.98. The SMILES string of the molecule is Fc1cccc(N(c2ccccc2)c2ccc(-c3c4ccccc4c(-c4cccc(-c5ccccc5)c4)c4ccccc34)cc2)n1. The van der Waals surface area contributed by atoms with Crippen molar-refractivity contribution in [2.75, 3.05) is 4.90 Å².